The standard InChI is InChI=1S/C17H22N2/c1-12-7-5-9-16(14(12)3)18-11-19-17-10-6-8-13(2)15(17)4/h5-10,18-19H,11H2,1-4H3. The average molecular weight is 254 g/mol. The van der Waals surface area contributed by atoms with Crippen molar-refractivity contribution in [2.24, 2.45) is 0 Å². The molecule has 0 radical (unpaired) electrons. The highest BCUT2D eigenvalue weighted by atomic mass is 15.1. The summed E-state index contributed by atoms with van der Waals surface area (Å²) in [5.74, 6) is 0. The van der Waals surface area contributed by atoms with E-state index in [4.69, 9.17) is 0 Å². The number of hydrogen-bond acceptors (Lipinski definition) is 2. The molecule has 0 aliphatic rings. The van der Waals surface area contributed by atoms with Crippen molar-refractivity contribution in [2.75, 3.05) is 17.3 Å². The summed E-state index contributed by atoms with van der Waals surface area (Å²) >= 11 is 0. The van der Waals surface area contributed by atoms with Gasteiger partial charge in [-0.3, -0.25) is 0 Å². The van der Waals surface area contributed by atoms with Gasteiger partial charge in [0.25, 0.3) is 0 Å². The molecular weight excluding hydrogens is 232 g/mol. The molecule has 0 amide bonds. The van der Waals surface area contributed by atoms with Crippen molar-refractivity contribution in [2.45, 2.75) is 27.7 Å². The summed E-state index contributed by atoms with van der Waals surface area (Å²) in [5.41, 5.74) is 7.64. The third-order valence-electron chi connectivity index (χ3n) is 3.77. The fourth-order valence-electron chi connectivity index (χ4n) is 2.12. The third kappa shape index (κ3) is 3.08. The molecular formula is C17H22N2. The molecule has 0 saturated heterocycles. The highest BCUT2D eigenvalue weighted by molar-refractivity contribution is 5.57. The molecule has 2 aromatic rings. The van der Waals surface area contributed by atoms with Crippen LogP contribution in [0.2, 0.25) is 0 Å². The van der Waals surface area contributed by atoms with Crippen LogP contribution in [0, 0.1) is 27.7 Å². The van der Waals surface area contributed by atoms with Crippen LogP contribution in [0.15, 0.2) is 36.4 Å². The smallest absolute Gasteiger partial charge is 0.0849 e. The van der Waals surface area contributed by atoms with Crippen LogP contribution in [0.1, 0.15) is 22.3 Å². The molecule has 0 bridgehead atoms. The summed E-state index contributed by atoms with van der Waals surface area (Å²) in [6.07, 6.45) is 0. The first-order valence-corrected chi connectivity index (χ1v) is 6.70. The minimum Gasteiger partial charge on any atom is -0.368 e. The molecule has 0 aromatic heterocycles. The topological polar surface area (TPSA) is 24.1 Å². The number of anilines is 2. The summed E-state index contributed by atoms with van der Waals surface area (Å²) < 4.78 is 0. The lowest BCUT2D eigenvalue weighted by Crippen LogP contribution is -2.13. The van der Waals surface area contributed by atoms with Gasteiger partial charge in [-0.1, -0.05) is 24.3 Å². The quantitative estimate of drug-likeness (QED) is 0.790. The normalized spacial score (nSPS) is 10.3. The molecule has 2 aromatic carbocycles. The van der Waals surface area contributed by atoms with Crippen LogP contribution in [0.25, 0.3) is 0 Å². The van der Waals surface area contributed by atoms with Crippen molar-refractivity contribution >= 4 is 11.4 Å². The largest absolute Gasteiger partial charge is 0.368 e. The number of rotatable bonds is 4. The molecule has 0 atom stereocenters. The lowest BCUT2D eigenvalue weighted by atomic mass is 10.1. The van der Waals surface area contributed by atoms with Crippen molar-refractivity contribution in [1.82, 2.24) is 0 Å². The van der Waals surface area contributed by atoms with Crippen LogP contribution in [0.5, 0.6) is 0 Å². The van der Waals surface area contributed by atoms with E-state index in [0.29, 0.717) is 0 Å². The fourth-order valence-corrected chi connectivity index (χ4v) is 2.12. The predicted octanol–water partition coefficient (Wildman–Crippen LogP) is 4.40. The van der Waals surface area contributed by atoms with Gasteiger partial charge in [0.15, 0.2) is 0 Å². The molecule has 0 heterocycles. The molecule has 2 N–H and O–H groups in total. The maximum Gasteiger partial charge on any atom is 0.0849 e. The molecule has 2 nitrogen and oxygen atoms in total. The molecule has 0 spiro atoms. The first-order chi connectivity index (χ1) is 9.09. The van der Waals surface area contributed by atoms with E-state index in [2.05, 4.69) is 74.7 Å². The molecule has 19 heavy (non-hydrogen) atoms. The third-order valence-corrected chi connectivity index (χ3v) is 3.77. The van der Waals surface area contributed by atoms with E-state index in [1.54, 1.807) is 0 Å². The van der Waals surface area contributed by atoms with E-state index in [9.17, 15) is 0 Å². The van der Waals surface area contributed by atoms with Crippen LogP contribution in [-0.2, 0) is 0 Å². The first kappa shape index (κ1) is 13.5. The minimum absolute atomic E-state index is 0.731. The minimum atomic E-state index is 0.731. The number of aryl methyl sites for hydroxylation is 2. The molecule has 100 valence electrons. The van der Waals surface area contributed by atoms with Crippen molar-refractivity contribution in [1.29, 1.82) is 0 Å². The zero-order chi connectivity index (χ0) is 13.8. The van der Waals surface area contributed by atoms with Crippen LogP contribution >= 0.6 is 0 Å². The second kappa shape index (κ2) is 5.79. The van der Waals surface area contributed by atoms with Gasteiger partial charge in [-0.15, -0.1) is 0 Å². The van der Waals surface area contributed by atoms with Gasteiger partial charge in [0, 0.05) is 11.4 Å². The van der Waals surface area contributed by atoms with Gasteiger partial charge in [-0.05, 0) is 62.1 Å². The summed E-state index contributed by atoms with van der Waals surface area (Å²) in [6, 6.07) is 12.7. The summed E-state index contributed by atoms with van der Waals surface area (Å²) in [5, 5.41) is 6.88. The van der Waals surface area contributed by atoms with Crippen molar-refractivity contribution in [3.8, 4) is 0 Å². The van der Waals surface area contributed by atoms with E-state index in [0.717, 1.165) is 6.67 Å². The van der Waals surface area contributed by atoms with Gasteiger partial charge in [0.1, 0.15) is 0 Å². The Bertz CT molecular complexity index is 522. The zero-order valence-corrected chi connectivity index (χ0v) is 12.2. The first-order valence-electron chi connectivity index (χ1n) is 6.70. The van der Waals surface area contributed by atoms with Crippen LogP contribution in [-0.4, -0.2) is 6.67 Å². The Morgan fingerprint density at radius 2 is 1.11 bits per heavy atom. The average Bonchev–Trinajstić information content (AvgIpc) is 2.39. The Hall–Kier alpha value is -1.96. The number of hydrogen-bond donors (Lipinski definition) is 2. The van der Waals surface area contributed by atoms with Gasteiger partial charge in [-0.25, -0.2) is 0 Å². The molecule has 0 fully saturated rings. The second-order valence-corrected chi connectivity index (χ2v) is 5.03. The molecule has 0 unspecified atom stereocenters. The van der Waals surface area contributed by atoms with Crippen molar-refractivity contribution in [3.63, 3.8) is 0 Å². The Morgan fingerprint density at radius 3 is 1.53 bits per heavy atom. The Balaban J connectivity index is 2.00. The van der Waals surface area contributed by atoms with E-state index in [1.165, 1.54) is 33.6 Å². The highest BCUT2D eigenvalue weighted by Crippen LogP contribution is 2.19. The van der Waals surface area contributed by atoms with Crippen LogP contribution in [0.3, 0.4) is 0 Å². The molecule has 2 heteroatoms. The number of nitrogens with one attached hydrogen (secondary N) is 2. The number of benzene rings is 2. The van der Waals surface area contributed by atoms with E-state index >= 15 is 0 Å². The van der Waals surface area contributed by atoms with Crippen LogP contribution < -0.4 is 10.6 Å². The Morgan fingerprint density at radius 1 is 0.684 bits per heavy atom. The summed E-state index contributed by atoms with van der Waals surface area (Å²) in [4.78, 5) is 0. The van der Waals surface area contributed by atoms with Gasteiger partial charge in [0.2, 0.25) is 0 Å². The maximum atomic E-state index is 3.44. The van der Waals surface area contributed by atoms with E-state index < -0.39 is 0 Å². The SMILES string of the molecule is Cc1cccc(NCNc2cccc(C)c2C)c1C. The molecule has 2 rings (SSSR count). The van der Waals surface area contributed by atoms with Crippen LogP contribution in [0.4, 0.5) is 11.4 Å². The summed E-state index contributed by atoms with van der Waals surface area (Å²) in [7, 11) is 0. The fraction of sp³-hybridized carbons (Fsp3) is 0.294. The molecule has 0 aliphatic heterocycles. The van der Waals surface area contributed by atoms with Gasteiger partial charge < -0.3 is 10.6 Å². The Kier molecular flexibility index (Phi) is 4.10. The van der Waals surface area contributed by atoms with Gasteiger partial charge in [0.05, 0.1) is 6.67 Å². The summed E-state index contributed by atoms with van der Waals surface area (Å²) in [6.45, 7) is 9.30. The second-order valence-electron chi connectivity index (χ2n) is 5.03. The Labute approximate surface area is 115 Å². The monoisotopic (exact) mass is 254 g/mol. The zero-order valence-electron chi connectivity index (χ0n) is 12.2. The van der Waals surface area contributed by atoms with E-state index in [1.807, 2.05) is 0 Å². The lowest BCUT2D eigenvalue weighted by Gasteiger charge is -2.15. The molecule has 0 saturated carbocycles. The van der Waals surface area contributed by atoms with Gasteiger partial charge >= 0.3 is 0 Å². The highest BCUT2D eigenvalue weighted by Gasteiger charge is 2.01. The van der Waals surface area contributed by atoms with Gasteiger partial charge in [-0.2, -0.15) is 0 Å². The van der Waals surface area contributed by atoms with E-state index in [-0.39, 0.29) is 0 Å². The molecule has 0 aliphatic carbocycles. The van der Waals surface area contributed by atoms with Crippen molar-refractivity contribution < 1.29 is 0 Å². The van der Waals surface area contributed by atoms with Crippen molar-refractivity contribution in [3.05, 3.63) is 58.7 Å². The maximum absolute atomic E-state index is 3.44. The lowest BCUT2D eigenvalue weighted by molar-refractivity contribution is 1.18. The predicted molar refractivity (Wildman–Crippen MR) is 83.9 cm³/mol.